The van der Waals surface area contributed by atoms with Crippen molar-refractivity contribution in [1.29, 1.82) is 0 Å². The van der Waals surface area contributed by atoms with Gasteiger partial charge in [-0.15, -0.1) is 0 Å². The summed E-state index contributed by atoms with van der Waals surface area (Å²) in [6.45, 7) is 5.86. The van der Waals surface area contributed by atoms with Crippen molar-refractivity contribution in [3.05, 3.63) is 0 Å². The molecule has 0 fully saturated rings. The molecule has 0 rings (SSSR count). The van der Waals surface area contributed by atoms with Crippen LogP contribution < -0.4 is 5.32 Å². The van der Waals surface area contributed by atoms with Gasteiger partial charge in [-0.25, -0.2) is 8.42 Å². The van der Waals surface area contributed by atoms with Gasteiger partial charge < -0.3 is 10.4 Å². The van der Waals surface area contributed by atoms with Gasteiger partial charge in [-0.3, -0.25) is 0 Å². The van der Waals surface area contributed by atoms with E-state index in [2.05, 4.69) is 5.32 Å². The molecule has 2 atom stereocenters. The highest BCUT2D eigenvalue weighted by atomic mass is 32.2. The first-order chi connectivity index (χ1) is 6.37. The molecule has 0 aliphatic carbocycles. The van der Waals surface area contributed by atoms with E-state index in [0.717, 1.165) is 0 Å². The third-order valence-corrected chi connectivity index (χ3v) is 3.89. The fourth-order valence-corrected chi connectivity index (χ4v) is 2.21. The highest BCUT2D eigenvalue weighted by Crippen LogP contribution is 1.95. The lowest BCUT2D eigenvalue weighted by Gasteiger charge is -2.13. The molecule has 0 aromatic rings. The fraction of sp³-hybridized carbons (Fsp3) is 1.00. The van der Waals surface area contributed by atoms with Gasteiger partial charge in [0.05, 0.1) is 11.9 Å². The summed E-state index contributed by atoms with van der Waals surface area (Å²) in [5.74, 6) is 0.360. The standard InChI is InChI=1S/C9H21NO3S/c1-4-14(12,13)7-8(2)10-6-5-9(3)11/h8-11H,4-7H2,1-3H3. The van der Waals surface area contributed by atoms with Crippen LogP contribution in [0.25, 0.3) is 0 Å². The van der Waals surface area contributed by atoms with E-state index in [1.165, 1.54) is 0 Å². The number of hydrogen-bond donors (Lipinski definition) is 2. The molecule has 0 aromatic heterocycles. The van der Waals surface area contributed by atoms with Gasteiger partial charge in [0.1, 0.15) is 0 Å². The molecule has 0 aromatic carbocycles. The average molecular weight is 223 g/mol. The Morgan fingerprint density at radius 3 is 2.36 bits per heavy atom. The third kappa shape index (κ3) is 7.29. The highest BCUT2D eigenvalue weighted by Gasteiger charge is 2.12. The number of sulfone groups is 1. The second kappa shape index (κ2) is 6.37. The van der Waals surface area contributed by atoms with Crippen molar-refractivity contribution in [2.45, 2.75) is 39.3 Å². The predicted molar refractivity (Wildman–Crippen MR) is 58.1 cm³/mol. The van der Waals surface area contributed by atoms with Crippen molar-refractivity contribution in [1.82, 2.24) is 5.32 Å². The molecule has 0 saturated carbocycles. The Bertz CT molecular complexity index is 236. The van der Waals surface area contributed by atoms with Crippen LogP contribution in [0.4, 0.5) is 0 Å². The van der Waals surface area contributed by atoms with Crippen LogP contribution in [0.15, 0.2) is 0 Å². The smallest absolute Gasteiger partial charge is 0.151 e. The average Bonchev–Trinajstić information content (AvgIpc) is 2.02. The van der Waals surface area contributed by atoms with Gasteiger partial charge in [-0.2, -0.15) is 0 Å². The Hall–Kier alpha value is -0.130. The zero-order valence-electron chi connectivity index (χ0n) is 9.16. The van der Waals surface area contributed by atoms with Crippen LogP contribution in [0, 0.1) is 0 Å². The van der Waals surface area contributed by atoms with Crippen LogP contribution >= 0.6 is 0 Å². The van der Waals surface area contributed by atoms with E-state index < -0.39 is 9.84 Å². The minimum Gasteiger partial charge on any atom is -0.393 e. The first-order valence-electron chi connectivity index (χ1n) is 4.99. The van der Waals surface area contributed by atoms with Crippen LogP contribution in [-0.2, 0) is 9.84 Å². The lowest BCUT2D eigenvalue weighted by Crippen LogP contribution is -2.35. The van der Waals surface area contributed by atoms with Crippen LogP contribution in [0.3, 0.4) is 0 Å². The van der Waals surface area contributed by atoms with Crippen molar-refractivity contribution >= 4 is 9.84 Å². The Balaban J connectivity index is 3.71. The van der Waals surface area contributed by atoms with Gasteiger partial charge in [-0.05, 0) is 26.8 Å². The Morgan fingerprint density at radius 1 is 1.36 bits per heavy atom. The van der Waals surface area contributed by atoms with E-state index in [1.54, 1.807) is 13.8 Å². The third-order valence-electron chi connectivity index (χ3n) is 2.00. The lowest BCUT2D eigenvalue weighted by molar-refractivity contribution is 0.183. The van der Waals surface area contributed by atoms with Crippen molar-refractivity contribution < 1.29 is 13.5 Å². The largest absolute Gasteiger partial charge is 0.393 e. The number of rotatable bonds is 7. The fourth-order valence-electron chi connectivity index (χ4n) is 1.10. The monoisotopic (exact) mass is 223 g/mol. The summed E-state index contributed by atoms with van der Waals surface area (Å²) in [5.41, 5.74) is 0. The van der Waals surface area contributed by atoms with Crippen molar-refractivity contribution in [2.24, 2.45) is 0 Å². The molecule has 0 aliphatic rings. The first-order valence-corrected chi connectivity index (χ1v) is 6.81. The Kier molecular flexibility index (Phi) is 6.31. The second-order valence-electron chi connectivity index (χ2n) is 3.69. The van der Waals surface area contributed by atoms with E-state index in [4.69, 9.17) is 5.11 Å². The molecule has 86 valence electrons. The maximum atomic E-state index is 11.2. The quantitative estimate of drug-likeness (QED) is 0.646. The van der Waals surface area contributed by atoms with E-state index in [9.17, 15) is 8.42 Å². The zero-order chi connectivity index (χ0) is 11.2. The van der Waals surface area contributed by atoms with Crippen LogP contribution in [0.5, 0.6) is 0 Å². The summed E-state index contributed by atoms with van der Waals surface area (Å²) in [7, 11) is -2.89. The summed E-state index contributed by atoms with van der Waals surface area (Å²) < 4.78 is 22.4. The molecule has 2 N–H and O–H groups in total. The van der Waals surface area contributed by atoms with Gasteiger partial charge >= 0.3 is 0 Å². The van der Waals surface area contributed by atoms with Gasteiger partial charge in [0.25, 0.3) is 0 Å². The number of hydrogen-bond acceptors (Lipinski definition) is 4. The Labute approximate surface area is 86.6 Å². The molecule has 0 heterocycles. The van der Waals surface area contributed by atoms with E-state index in [1.807, 2.05) is 6.92 Å². The van der Waals surface area contributed by atoms with E-state index >= 15 is 0 Å². The SMILES string of the molecule is CCS(=O)(=O)CC(C)NCCC(C)O. The maximum Gasteiger partial charge on any atom is 0.151 e. The minimum atomic E-state index is -2.89. The molecular formula is C9H21NO3S. The van der Waals surface area contributed by atoms with Crippen LogP contribution in [0.1, 0.15) is 27.2 Å². The van der Waals surface area contributed by atoms with Gasteiger partial charge in [0.15, 0.2) is 9.84 Å². The molecule has 0 bridgehead atoms. The molecule has 14 heavy (non-hydrogen) atoms. The predicted octanol–water partition coefficient (Wildman–Crippen LogP) is 0.170. The first kappa shape index (κ1) is 13.9. The lowest BCUT2D eigenvalue weighted by atomic mass is 10.3. The molecule has 0 radical (unpaired) electrons. The van der Waals surface area contributed by atoms with Crippen LogP contribution in [0.2, 0.25) is 0 Å². The maximum absolute atomic E-state index is 11.2. The summed E-state index contributed by atoms with van der Waals surface area (Å²) in [6, 6.07) is -0.0429. The van der Waals surface area contributed by atoms with Crippen LogP contribution in [-0.4, -0.2) is 43.7 Å². The molecule has 0 amide bonds. The molecule has 0 saturated heterocycles. The molecule has 0 spiro atoms. The topological polar surface area (TPSA) is 66.4 Å². The number of nitrogens with one attached hydrogen (secondary N) is 1. The number of aliphatic hydroxyl groups excluding tert-OH is 1. The molecule has 2 unspecified atom stereocenters. The van der Waals surface area contributed by atoms with Crippen molar-refractivity contribution in [3.63, 3.8) is 0 Å². The summed E-state index contributed by atoms with van der Waals surface area (Å²) in [5, 5.41) is 12.1. The summed E-state index contributed by atoms with van der Waals surface area (Å²) in [4.78, 5) is 0. The Morgan fingerprint density at radius 2 is 1.93 bits per heavy atom. The minimum absolute atomic E-state index is 0.0429. The second-order valence-corrected chi connectivity index (χ2v) is 6.09. The molecule has 0 aliphatic heterocycles. The summed E-state index contributed by atoms with van der Waals surface area (Å²) >= 11 is 0. The normalized spacial score (nSPS) is 16.6. The van der Waals surface area contributed by atoms with Crippen molar-refractivity contribution in [2.75, 3.05) is 18.1 Å². The highest BCUT2D eigenvalue weighted by molar-refractivity contribution is 7.91. The van der Waals surface area contributed by atoms with Gasteiger partial charge in [0.2, 0.25) is 0 Å². The van der Waals surface area contributed by atoms with E-state index in [0.29, 0.717) is 13.0 Å². The molecule has 4 nitrogen and oxygen atoms in total. The van der Waals surface area contributed by atoms with Crippen molar-refractivity contribution in [3.8, 4) is 0 Å². The number of aliphatic hydroxyl groups is 1. The molecule has 5 heteroatoms. The zero-order valence-corrected chi connectivity index (χ0v) is 9.97. The van der Waals surface area contributed by atoms with Gasteiger partial charge in [-0.1, -0.05) is 6.92 Å². The van der Waals surface area contributed by atoms with Gasteiger partial charge in [0, 0.05) is 11.8 Å². The van der Waals surface area contributed by atoms with E-state index in [-0.39, 0.29) is 23.7 Å². The molecular weight excluding hydrogens is 202 g/mol. The summed E-state index contributed by atoms with van der Waals surface area (Å²) in [6.07, 6.45) is 0.314.